The standard InChI is InChI=1S/C51H40N2O12/c54-47(41-24-39(62-28-32-13-5-1-6-14-32)26-43(50(58)59)45(41)64-30-34-17-9-3-10-18-34)52-37-21-36(49(56)57)22-38(23-37)53-48(55)42-25-40(63-29-33-15-7-2-8-16-33)27-44(51(60)61)46(42)65-31-35-19-11-4-12-20-35/h1-27H,28-31H2,(H,52,54)(H,53,55)(H,56,57)(H,58,59)(H,60,61). The number of carbonyl (C=O) groups excluding carboxylic acids is 2. The highest BCUT2D eigenvalue weighted by molar-refractivity contribution is 6.11. The number of nitrogens with one attached hydrogen (secondary N) is 2. The van der Waals surface area contributed by atoms with Crippen molar-refractivity contribution >= 4 is 41.1 Å². The van der Waals surface area contributed by atoms with Crippen molar-refractivity contribution in [2.24, 2.45) is 0 Å². The number of hydrogen-bond donors (Lipinski definition) is 5. The van der Waals surface area contributed by atoms with E-state index in [1.165, 1.54) is 30.3 Å². The quantitative estimate of drug-likeness (QED) is 0.0515. The minimum atomic E-state index is -1.41. The Labute approximate surface area is 372 Å². The van der Waals surface area contributed by atoms with Crippen molar-refractivity contribution in [1.82, 2.24) is 0 Å². The molecule has 0 aliphatic heterocycles. The normalized spacial score (nSPS) is 10.6. The molecular formula is C51H40N2O12. The molecule has 14 nitrogen and oxygen atoms in total. The molecule has 7 aromatic rings. The Morgan fingerprint density at radius 2 is 0.677 bits per heavy atom. The molecule has 0 aromatic heterocycles. The summed E-state index contributed by atoms with van der Waals surface area (Å²) >= 11 is 0. The summed E-state index contributed by atoms with van der Waals surface area (Å²) in [4.78, 5) is 66.3. The Morgan fingerprint density at radius 3 is 0.985 bits per heavy atom. The van der Waals surface area contributed by atoms with Crippen LogP contribution in [0.25, 0.3) is 0 Å². The van der Waals surface area contributed by atoms with Gasteiger partial charge in [-0.25, -0.2) is 14.4 Å². The highest BCUT2D eigenvalue weighted by Crippen LogP contribution is 2.35. The molecule has 2 amide bonds. The Bertz CT molecular complexity index is 2650. The van der Waals surface area contributed by atoms with Crippen LogP contribution in [0.15, 0.2) is 164 Å². The average molecular weight is 873 g/mol. The van der Waals surface area contributed by atoms with Crippen molar-refractivity contribution in [2.45, 2.75) is 26.4 Å². The van der Waals surface area contributed by atoms with E-state index in [1.54, 1.807) is 60.7 Å². The Hall–Kier alpha value is -8.91. The number of amides is 2. The lowest BCUT2D eigenvalue weighted by Crippen LogP contribution is -2.18. The number of carboxylic acids is 3. The van der Waals surface area contributed by atoms with Gasteiger partial charge in [0.1, 0.15) is 60.6 Å². The number of benzene rings is 7. The maximum absolute atomic E-state index is 14.3. The minimum Gasteiger partial charge on any atom is -0.489 e. The van der Waals surface area contributed by atoms with Crippen molar-refractivity contribution in [1.29, 1.82) is 0 Å². The lowest BCUT2D eigenvalue weighted by Gasteiger charge is -2.18. The zero-order valence-electron chi connectivity index (χ0n) is 34.4. The summed E-state index contributed by atoms with van der Waals surface area (Å²) in [6.45, 7) is -0.112. The topological polar surface area (TPSA) is 207 Å². The summed E-state index contributed by atoms with van der Waals surface area (Å²) < 4.78 is 23.9. The fraction of sp³-hybridized carbons (Fsp3) is 0.0784. The van der Waals surface area contributed by atoms with Gasteiger partial charge in [-0.2, -0.15) is 0 Å². The lowest BCUT2D eigenvalue weighted by atomic mass is 10.1. The summed E-state index contributed by atoms with van der Waals surface area (Å²) in [6.07, 6.45) is 0. The number of aromatic carboxylic acids is 3. The number of ether oxygens (including phenoxy) is 4. The maximum atomic E-state index is 14.3. The van der Waals surface area contributed by atoms with E-state index in [1.807, 2.05) is 60.7 Å². The molecule has 14 heteroatoms. The zero-order valence-corrected chi connectivity index (χ0v) is 34.4. The van der Waals surface area contributed by atoms with Crippen molar-refractivity contribution in [3.63, 3.8) is 0 Å². The molecule has 0 spiro atoms. The van der Waals surface area contributed by atoms with Crippen molar-refractivity contribution in [3.05, 3.63) is 214 Å². The molecule has 0 saturated heterocycles. The molecule has 0 fully saturated rings. The molecule has 7 aromatic carbocycles. The van der Waals surface area contributed by atoms with Crippen LogP contribution in [0, 0.1) is 0 Å². The molecule has 0 aliphatic carbocycles. The van der Waals surface area contributed by atoms with E-state index in [-0.39, 0.29) is 88.6 Å². The van der Waals surface area contributed by atoms with Crippen LogP contribution in [-0.2, 0) is 26.4 Å². The van der Waals surface area contributed by atoms with Gasteiger partial charge in [-0.15, -0.1) is 0 Å². The predicted molar refractivity (Wildman–Crippen MR) is 239 cm³/mol. The highest BCUT2D eigenvalue weighted by atomic mass is 16.5. The van der Waals surface area contributed by atoms with Crippen LogP contribution in [0.2, 0.25) is 0 Å². The van der Waals surface area contributed by atoms with Crippen LogP contribution < -0.4 is 29.6 Å². The fourth-order valence-electron chi connectivity index (χ4n) is 6.57. The second kappa shape index (κ2) is 20.8. The number of hydrogen-bond acceptors (Lipinski definition) is 9. The van der Waals surface area contributed by atoms with Crippen LogP contribution in [0.3, 0.4) is 0 Å². The summed E-state index contributed by atoms with van der Waals surface area (Å²) in [5.74, 6) is -6.49. The summed E-state index contributed by atoms with van der Waals surface area (Å²) in [6, 6.07) is 44.6. The molecule has 0 aliphatic rings. The molecule has 0 heterocycles. The van der Waals surface area contributed by atoms with Gasteiger partial charge in [0.15, 0.2) is 0 Å². The van der Waals surface area contributed by atoms with Crippen LogP contribution in [-0.4, -0.2) is 45.0 Å². The van der Waals surface area contributed by atoms with Gasteiger partial charge in [-0.3, -0.25) is 9.59 Å². The average Bonchev–Trinajstić information content (AvgIpc) is 3.32. The molecule has 326 valence electrons. The largest absolute Gasteiger partial charge is 0.489 e. The monoisotopic (exact) mass is 872 g/mol. The van der Waals surface area contributed by atoms with Gasteiger partial charge in [0.2, 0.25) is 0 Å². The van der Waals surface area contributed by atoms with Crippen LogP contribution >= 0.6 is 0 Å². The van der Waals surface area contributed by atoms with Gasteiger partial charge in [-0.05, 0) is 64.7 Å². The Balaban J connectivity index is 1.22. The first-order valence-corrected chi connectivity index (χ1v) is 20.0. The van der Waals surface area contributed by atoms with E-state index in [9.17, 15) is 39.3 Å². The number of carboxylic acid groups (broad SMARTS) is 3. The maximum Gasteiger partial charge on any atom is 0.339 e. The van der Waals surface area contributed by atoms with Gasteiger partial charge >= 0.3 is 17.9 Å². The smallest absolute Gasteiger partial charge is 0.339 e. The third-order valence-electron chi connectivity index (χ3n) is 9.72. The van der Waals surface area contributed by atoms with Gasteiger partial charge in [0.25, 0.3) is 11.8 Å². The summed E-state index contributed by atoms with van der Waals surface area (Å²) in [5, 5.41) is 36.0. The highest BCUT2D eigenvalue weighted by Gasteiger charge is 2.26. The molecule has 5 N–H and O–H groups in total. The van der Waals surface area contributed by atoms with Crippen LogP contribution in [0.1, 0.15) is 74.0 Å². The number of anilines is 2. The van der Waals surface area contributed by atoms with E-state index < -0.39 is 29.7 Å². The molecule has 0 unspecified atom stereocenters. The van der Waals surface area contributed by atoms with Gasteiger partial charge in [-0.1, -0.05) is 121 Å². The molecular weight excluding hydrogens is 833 g/mol. The van der Waals surface area contributed by atoms with Crippen molar-refractivity contribution < 1.29 is 58.2 Å². The molecule has 7 rings (SSSR count). The first-order valence-electron chi connectivity index (χ1n) is 20.0. The predicted octanol–water partition coefficient (Wildman–Crippen LogP) is 9.60. The Kier molecular flexibility index (Phi) is 14.1. The molecule has 0 atom stereocenters. The number of rotatable bonds is 19. The minimum absolute atomic E-state index is 0.0386. The molecule has 0 saturated carbocycles. The fourth-order valence-corrected chi connectivity index (χ4v) is 6.57. The van der Waals surface area contributed by atoms with Gasteiger partial charge in [0.05, 0.1) is 16.7 Å². The zero-order chi connectivity index (χ0) is 45.7. The second-order valence-corrected chi connectivity index (χ2v) is 14.4. The molecule has 0 radical (unpaired) electrons. The van der Waals surface area contributed by atoms with Crippen molar-refractivity contribution in [3.8, 4) is 23.0 Å². The summed E-state index contributed by atoms with van der Waals surface area (Å²) in [5.41, 5.74) is 1.12. The third-order valence-corrected chi connectivity index (χ3v) is 9.72. The lowest BCUT2D eigenvalue weighted by molar-refractivity contribution is 0.0679. The first kappa shape index (κ1) is 44.2. The molecule has 0 bridgehead atoms. The van der Waals surface area contributed by atoms with Crippen LogP contribution in [0.4, 0.5) is 11.4 Å². The van der Waals surface area contributed by atoms with Gasteiger partial charge < -0.3 is 44.9 Å². The van der Waals surface area contributed by atoms with E-state index >= 15 is 0 Å². The van der Waals surface area contributed by atoms with E-state index in [0.717, 1.165) is 23.3 Å². The van der Waals surface area contributed by atoms with E-state index in [0.29, 0.717) is 11.1 Å². The van der Waals surface area contributed by atoms with Crippen LogP contribution in [0.5, 0.6) is 23.0 Å². The second-order valence-electron chi connectivity index (χ2n) is 14.4. The number of carbonyl (C=O) groups is 5. The first-order chi connectivity index (χ1) is 31.5. The SMILES string of the molecule is O=C(O)c1cc(NC(=O)c2cc(OCc3ccccc3)cc(C(=O)O)c2OCc2ccccc2)cc(NC(=O)c2cc(OCc3ccccc3)cc(C(=O)O)c2OCc2ccccc2)c1. The Morgan fingerprint density at radius 1 is 0.369 bits per heavy atom. The third kappa shape index (κ3) is 11.7. The van der Waals surface area contributed by atoms with Gasteiger partial charge in [0, 0.05) is 11.4 Å². The van der Waals surface area contributed by atoms with Crippen molar-refractivity contribution in [2.75, 3.05) is 10.6 Å². The molecule has 65 heavy (non-hydrogen) atoms. The summed E-state index contributed by atoms with van der Waals surface area (Å²) in [7, 11) is 0. The van der Waals surface area contributed by atoms with E-state index in [4.69, 9.17) is 18.9 Å². The van der Waals surface area contributed by atoms with E-state index in [2.05, 4.69) is 10.6 Å².